The molecular weight excluding hydrogens is 709 g/mol. The number of aromatic nitrogens is 4. The summed E-state index contributed by atoms with van der Waals surface area (Å²) >= 11 is 0. The average molecular weight is 742 g/mol. The van der Waals surface area contributed by atoms with Gasteiger partial charge in [0.1, 0.15) is 24.7 Å². The maximum Gasteiger partial charge on any atom is 0.405 e. The molecule has 2 fully saturated rings. The number of nitrogens with zero attached hydrogens (tertiary/aromatic N) is 6. The second-order valence-corrected chi connectivity index (χ2v) is 13.0. The number of fused-ring (bicyclic) bond motifs is 1. The Bertz CT molecular complexity index is 2060. The van der Waals surface area contributed by atoms with Crippen LogP contribution in [-0.4, -0.2) is 85.0 Å². The van der Waals surface area contributed by atoms with E-state index < -0.39 is 42.7 Å². The first-order valence-electron chi connectivity index (χ1n) is 16.7. The molecule has 1 atom stereocenters. The predicted molar refractivity (Wildman–Crippen MR) is 175 cm³/mol. The molecule has 7 rings (SSSR count). The van der Waals surface area contributed by atoms with Gasteiger partial charge in [0, 0.05) is 56.1 Å². The lowest BCUT2D eigenvalue weighted by Crippen LogP contribution is -2.52. The molecule has 0 spiro atoms. The molecule has 3 aliphatic rings. The van der Waals surface area contributed by atoms with Gasteiger partial charge in [0.05, 0.1) is 11.7 Å². The van der Waals surface area contributed by atoms with Crippen LogP contribution in [0.15, 0.2) is 53.4 Å². The lowest BCUT2D eigenvalue weighted by Gasteiger charge is -2.32. The highest BCUT2D eigenvalue weighted by Gasteiger charge is 2.39. The highest BCUT2D eigenvalue weighted by atomic mass is 19.4. The fourth-order valence-electron chi connectivity index (χ4n) is 6.72. The minimum absolute atomic E-state index is 0.0910. The van der Waals surface area contributed by atoms with Crippen molar-refractivity contribution >= 4 is 35.1 Å². The molecule has 3 N–H and O–H groups in total. The summed E-state index contributed by atoms with van der Waals surface area (Å²) in [6, 6.07) is 7.34. The fourth-order valence-corrected chi connectivity index (χ4v) is 6.72. The Morgan fingerprint density at radius 1 is 1.08 bits per heavy atom. The maximum atomic E-state index is 14.0. The van der Waals surface area contributed by atoms with Gasteiger partial charge in [-0.15, -0.1) is 0 Å². The summed E-state index contributed by atoms with van der Waals surface area (Å²) in [4.78, 5) is 61.6. The van der Waals surface area contributed by atoms with Crippen LogP contribution in [0.3, 0.4) is 0 Å². The number of likely N-dealkylation sites (tertiary alicyclic amines) is 1. The van der Waals surface area contributed by atoms with Gasteiger partial charge in [0.15, 0.2) is 11.4 Å². The second-order valence-electron chi connectivity index (χ2n) is 13.0. The minimum Gasteiger partial charge on any atom is -0.444 e. The number of halogens is 5. The standard InChI is InChI=1S/C34H32F5N9O5/c35-29(36)28-23(42-30(50)24-16-53-32(43-24)19-5-8-40-26(12-19)41-17-34(37,38)39)15-48(45-28)21-6-9-46(10-7-21)13-18-1-2-22-20(11-18)14-47(33(22)52)25-3-4-27(49)44-31(25)51/h1-2,5,8,11-12,15-16,21,25,29H,3-4,6-7,9-10,13-14,17H2,(H,40,41)(H,42,50)(H,44,49,51). The van der Waals surface area contributed by atoms with Crippen LogP contribution in [0.1, 0.15) is 75.8 Å². The van der Waals surface area contributed by atoms with Crippen LogP contribution in [0.5, 0.6) is 0 Å². The summed E-state index contributed by atoms with van der Waals surface area (Å²) in [5, 5.41) is 11.0. The van der Waals surface area contributed by atoms with Crippen molar-refractivity contribution in [2.45, 2.75) is 63.5 Å². The van der Waals surface area contributed by atoms with E-state index >= 15 is 0 Å². The Morgan fingerprint density at radius 3 is 2.60 bits per heavy atom. The summed E-state index contributed by atoms with van der Waals surface area (Å²) in [5.74, 6) is -2.09. The van der Waals surface area contributed by atoms with Gasteiger partial charge in [-0.25, -0.2) is 18.7 Å². The number of anilines is 2. The van der Waals surface area contributed by atoms with Gasteiger partial charge < -0.3 is 20.0 Å². The second kappa shape index (κ2) is 14.4. The number of rotatable bonds is 10. The lowest BCUT2D eigenvalue weighted by molar-refractivity contribution is -0.137. The van der Waals surface area contributed by atoms with Gasteiger partial charge in [0.2, 0.25) is 17.7 Å². The first-order chi connectivity index (χ1) is 25.3. The summed E-state index contributed by atoms with van der Waals surface area (Å²) in [6.07, 6.45) is -2.22. The number of carbonyl (C=O) groups is 4. The number of pyridine rings is 1. The van der Waals surface area contributed by atoms with Crippen molar-refractivity contribution in [2.75, 3.05) is 30.3 Å². The molecule has 0 radical (unpaired) electrons. The molecular formula is C34H32F5N9O5. The van der Waals surface area contributed by atoms with E-state index in [-0.39, 0.29) is 65.9 Å². The van der Waals surface area contributed by atoms with Crippen LogP contribution in [0.2, 0.25) is 0 Å². The van der Waals surface area contributed by atoms with E-state index in [4.69, 9.17) is 4.42 Å². The van der Waals surface area contributed by atoms with E-state index in [1.54, 1.807) is 6.07 Å². The summed E-state index contributed by atoms with van der Waals surface area (Å²) < 4.78 is 72.6. The van der Waals surface area contributed by atoms with Gasteiger partial charge >= 0.3 is 6.18 Å². The van der Waals surface area contributed by atoms with Crippen molar-refractivity contribution < 1.29 is 45.5 Å². The zero-order chi connectivity index (χ0) is 37.4. The van der Waals surface area contributed by atoms with Crippen molar-refractivity contribution in [3.8, 4) is 11.5 Å². The summed E-state index contributed by atoms with van der Waals surface area (Å²) in [6.45, 7) is 0.797. The number of oxazole rings is 1. The average Bonchev–Trinajstić information content (AvgIpc) is 3.86. The van der Waals surface area contributed by atoms with Crippen LogP contribution < -0.4 is 16.0 Å². The van der Waals surface area contributed by atoms with Crippen LogP contribution in [0.25, 0.3) is 11.5 Å². The van der Waals surface area contributed by atoms with Crippen molar-refractivity contribution in [1.82, 2.24) is 34.9 Å². The third kappa shape index (κ3) is 7.88. The molecule has 3 aromatic heterocycles. The summed E-state index contributed by atoms with van der Waals surface area (Å²) in [7, 11) is 0. The highest BCUT2D eigenvalue weighted by Crippen LogP contribution is 2.32. The van der Waals surface area contributed by atoms with Gasteiger partial charge in [0.25, 0.3) is 18.2 Å². The smallest absolute Gasteiger partial charge is 0.405 e. The van der Waals surface area contributed by atoms with E-state index in [2.05, 4.69) is 35.9 Å². The number of imide groups is 1. The van der Waals surface area contributed by atoms with E-state index in [9.17, 15) is 41.1 Å². The zero-order valence-corrected chi connectivity index (χ0v) is 27.8. The molecule has 1 unspecified atom stereocenters. The Morgan fingerprint density at radius 2 is 1.87 bits per heavy atom. The molecule has 2 saturated heterocycles. The topological polar surface area (TPSA) is 168 Å². The van der Waals surface area contributed by atoms with Gasteiger partial charge in [-0.05, 0) is 48.6 Å². The zero-order valence-electron chi connectivity index (χ0n) is 27.8. The minimum atomic E-state index is -4.46. The number of nitrogens with one attached hydrogen (secondary N) is 3. The molecule has 19 heteroatoms. The van der Waals surface area contributed by atoms with Crippen LogP contribution in [-0.2, 0) is 22.7 Å². The van der Waals surface area contributed by atoms with Crippen molar-refractivity contribution in [3.63, 3.8) is 0 Å². The third-order valence-corrected chi connectivity index (χ3v) is 9.35. The summed E-state index contributed by atoms with van der Waals surface area (Å²) in [5.41, 5.74) is 1.49. The van der Waals surface area contributed by atoms with E-state index in [1.165, 1.54) is 34.1 Å². The number of carbonyl (C=O) groups excluding carboxylic acids is 4. The number of alkyl halides is 5. The van der Waals surface area contributed by atoms with Crippen LogP contribution in [0.4, 0.5) is 33.5 Å². The van der Waals surface area contributed by atoms with E-state index in [0.717, 1.165) is 17.4 Å². The molecule has 0 bridgehead atoms. The Labute approximate surface area is 297 Å². The lowest BCUT2D eigenvalue weighted by atomic mass is 10.0. The Kier molecular flexibility index (Phi) is 9.67. The van der Waals surface area contributed by atoms with E-state index in [0.29, 0.717) is 38.0 Å². The largest absolute Gasteiger partial charge is 0.444 e. The molecule has 6 heterocycles. The monoisotopic (exact) mass is 741 g/mol. The maximum absolute atomic E-state index is 14.0. The fraction of sp³-hybridized carbons (Fsp3) is 0.382. The Balaban J connectivity index is 0.953. The number of hydrogen-bond acceptors (Lipinski definition) is 10. The van der Waals surface area contributed by atoms with Gasteiger partial charge in [-0.2, -0.15) is 18.3 Å². The molecule has 4 amide bonds. The molecule has 0 saturated carbocycles. The quantitative estimate of drug-likeness (QED) is 0.153. The normalized spacial score (nSPS) is 18.4. The van der Waals surface area contributed by atoms with Crippen LogP contribution in [0, 0.1) is 0 Å². The number of hydrogen-bond donors (Lipinski definition) is 3. The first-order valence-corrected chi connectivity index (χ1v) is 16.7. The Hall–Kier alpha value is -5.72. The molecule has 0 aliphatic carbocycles. The van der Waals surface area contributed by atoms with Crippen molar-refractivity contribution in [1.29, 1.82) is 0 Å². The molecule has 278 valence electrons. The number of amides is 4. The van der Waals surface area contributed by atoms with Crippen molar-refractivity contribution in [3.05, 3.63) is 77.1 Å². The SMILES string of the molecule is O=C1CCC(N2Cc3cc(CN4CCC(n5cc(NC(=O)c6coc(-c7ccnc(NCC(F)(F)F)c7)n6)c(C(F)F)n5)CC4)ccc3C2=O)C(=O)N1. The van der Waals surface area contributed by atoms with Crippen LogP contribution >= 0.6 is 0 Å². The third-order valence-electron chi connectivity index (χ3n) is 9.35. The highest BCUT2D eigenvalue weighted by molar-refractivity contribution is 6.05. The molecule has 1 aromatic carbocycles. The van der Waals surface area contributed by atoms with Crippen molar-refractivity contribution in [2.24, 2.45) is 0 Å². The van der Waals surface area contributed by atoms with Gasteiger partial charge in [-0.3, -0.25) is 34.1 Å². The number of piperidine rings is 2. The predicted octanol–water partition coefficient (Wildman–Crippen LogP) is 4.70. The molecule has 14 nitrogen and oxygen atoms in total. The van der Waals surface area contributed by atoms with E-state index in [1.807, 2.05) is 12.1 Å². The van der Waals surface area contributed by atoms with Gasteiger partial charge in [-0.1, -0.05) is 12.1 Å². The molecule has 4 aromatic rings. The first kappa shape index (κ1) is 35.7. The molecule has 3 aliphatic heterocycles. The number of benzene rings is 1. The molecule has 53 heavy (non-hydrogen) atoms.